The van der Waals surface area contributed by atoms with Gasteiger partial charge in [-0.05, 0) is 66.8 Å². The average Bonchev–Trinajstić information content (AvgIpc) is 3.12. The van der Waals surface area contributed by atoms with E-state index in [0.29, 0.717) is 0 Å². The van der Waals surface area contributed by atoms with E-state index in [2.05, 4.69) is 111 Å². The van der Waals surface area contributed by atoms with E-state index in [0.717, 1.165) is 32.4 Å². The molecule has 3 nitrogen and oxygen atoms in total. The number of rotatable bonds is 10. The molecule has 3 heteroatoms. The Hall–Kier alpha value is -3.85. The highest BCUT2D eigenvalue weighted by Gasteiger charge is 2.39. The molecule has 2 aliphatic heterocycles. The van der Waals surface area contributed by atoms with Crippen molar-refractivity contribution in [3.05, 3.63) is 133 Å². The van der Waals surface area contributed by atoms with Crippen molar-refractivity contribution >= 4 is 17.2 Å². The summed E-state index contributed by atoms with van der Waals surface area (Å²) >= 11 is 0. The average molecular weight is 519 g/mol. The van der Waals surface area contributed by atoms with Gasteiger partial charge in [-0.3, -0.25) is 4.79 Å². The van der Waals surface area contributed by atoms with Gasteiger partial charge >= 0.3 is 0 Å². The van der Waals surface area contributed by atoms with Crippen LogP contribution in [-0.2, 0) is 16.6 Å². The van der Waals surface area contributed by atoms with Crippen molar-refractivity contribution in [2.45, 2.75) is 52.4 Å². The fraction of sp³-hybridized carbons (Fsp3) is 0.306. The standard InChI is InChI=1S/C36H42N2O/c1-7-9-25-37-31-21-13-11-17-28(31)27-35(3,4)33(37)23-15-18-29(39)19-16-24-34-36(5,6)30-20-12-14-22-32(30)38(34)26-10-8-2/h7-8,11-24H,1-2,9-10,25-27H2,3-6H3/b18-15+,19-16+,33-23+,34-24+. The van der Waals surface area contributed by atoms with E-state index < -0.39 is 0 Å². The monoisotopic (exact) mass is 518 g/mol. The van der Waals surface area contributed by atoms with Gasteiger partial charge in [0, 0.05) is 46.7 Å². The molecule has 2 aliphatic rings. The molecule has 0 aliphatic carbocycles. The summed E-state index contributed by atoms with van der Waals surface area (Å²) in [5.74, 6) is -0.0266. The molecule has 2 aromatic rings. The second-order valence-corrected chi connectivity index (χ2v) is 11.5. The minimum Gasteiger partial charge on any atom is -0.344 e. The predicted octanol–water partition coefficient (Wildman–Crippen LogP) is 8.47. The fourth-order valence-electron chi connectivity index (χ4n) is 5.89. The molecule has 4 rings (SSSR count). The smallest absolute Gasteiger partial charge is 0.178 e. The second-order valence-electron chi connectivity index (χ2n) is 11.5. The molecular weight excluding hydrogens is 476 g/mol. The van der Waals surface area contributed by atoms with Gasteiger partial charge in [-0.1, -0.05) is 88.4 Å². The third kappa shape index (κ3) is 5.93. The zero-order valence-electron chi connectivity index (χ0n) is 24.0. The first kappa shape index (κ1) is 28.2. The molecule has 0 saturated carbocycles. The SMILES string of the molecule is C=CCCN1/C(=C/C=C/C(=O)/C=C/C=C2/N(CCC=C)c3ccccc3C2(C)C)C(C)(C)Cc2ccccc21. The number of ketones is 1. The Kier molecular flexibility index (Phi) is 8.60. The van der Waals surface area contributed by atoms with Crippen LogP contribution in [0.5, 0.6) is 0 Å². The van der Waals surface area contributed by atoms with Crippen LogP contribution >= 0.6 is 0 Å². The maximum atomic E-state index is 12.8. The first-order valence-corrected chi connectivity index (χ1v) is 14.0. The number of carbonyl (C=O) groups is 1. The van der Waals surface area contributed by atoms with E-state index in [9.17, 15) is 4.79 Å². The first-order valence-electron chi connectivity index (χ1n) is 14.0. The number of hydrogen-bond acceptors (Lipinski definition) is 3. The molecule has 0 unspecified atom stereocenters. The van der Waals surface area contributed by atoms with E-state index in [4.69, 9.17) is 0 Å². The highest BCUT2D eigenvalue weighted by Crippen LogP contribution is 2.47. The molecule has 2 aromatic carbocycles. The Morgan fingerprint density at radius 2 is 1.33 bits per heavy atom. The summed E-state index contributed by atoms with van der Waals surface area (Å²) in [6.07, 6.45) is 18.0. The Bertz CT molecular complexity index is 1350. The van der Waals surface area contributed by atoms with Crippen LogP contribution in [0.25, 0.3) is 0 Å². The third-order valence-corrected chi connectivity index (χ3v) is 7.84. The molecule has 39 heavy (non-hydrogen) atoms. The lowest BCUT2D eigenvalue weighted by Gasteiger charge is -2.43. The van der Waals surface area contributed by atoms with Crippen molar-refractivity contribution in [2.24, 2.45) is 5.41 Å². The van der Waals surface area contributed by atoms with Crippen molar-refractivity contribution in [1.82, 2.24) is 0 Å². The lowest BCUT2D eigenvalue weighted by molar-refractivity contribution is -0.110. The molecule has 0 N–H and O–H groups in total. The number of fused-ring (bicyclic) bond motifs is 2. The fourth-order valence-corrected chi connectivity index (χ4v) is 5.89. The number of allylic oxidation sites excluding steroid dienone is 8. The molecule has 202 valence electrons. The van der Waals surface area contributed by atoms with E-state index in [-0.39, 0.29) is 16.6 Å². The maximum absolute atomic E-state index is 12.8. The highest BCUT2D eigenvalue weighted by molar-refractivity contribution is 5.99. The lowest BCUT2D eigenvalue weighted by atomic mass is 9.77. The molecule has 0 aromatic heterocycles. The Labute approximate surface area is 235 Å². The van der Waals surface area contributed by atoms with Crippen LogP contribution in [0.4, 0.5) is 11.4 Å². The third-order valence-electron chi connectivity index (χ3n) is 7.84. The van der Waals surface area contributed by atoms with Gasteiger partial charge in [-0.2, -0.15) is 0 Å². The Morgan fingerprint density at radius 1 is 0.795 bits per heavy atom. The zero-order chi connectivity index (χ0) is 28.0. The van der Waals surface area contributed by atoms with Crippen molar-refractivity contribution in [2.75, 3.05) is 22.9 Å². The van der Waals surface area contributed by atoms with E-state index in [1.807, 2.05) is 24.3 Å². The summed E-state index contributed by atoms with van der Waals surface area (Å²) in [6, 6.07) is 17.2. The van der Waals surface area contributed by atoms with E-state index in [1.54, 1.807) is 12.2 Å². The van der Waals surface area contributed by atoms with Crippen LogP contribution < -0.4 is 9.80 Å². The molecule has 0 bridgehead atoms. The summed E-state index contributed by atoms with van der Waals surface area (Å²) in [6.45, 7) is 18.6. The van der Waals surface area contributed by atoms with Crippen LogP contribution in [-0.4, -0.2) is 18.9 Å². The van der Waals surface area contributed by atoms with E-state index in [1.165, 1.54) is 33.9 Å². The van der Waals surface area contributed by atoms with Crippen molar-refractivity contribution in [3.8, 4) is 0 Å². The number of nitrogens with zero attached hydrogens (tertiary/aromatic N) is 2. The number of hydrogen-bond donors (Lipinski definition) is 0. The zero-order valence-corrected chi connectivity index (χ0v) is 24.0. The second kappa shape index (κ2) is 11.9. The number of para-hydroxylation sites is 2. The molecule has 0 fully saturated rings. The van der Waals surface area contributed by atoms with Crippen LogP contribution in [0.1, 0.15) is 51.7 Å². The summed E-state index contributed by atoms with van der Waals surface area (Å²) in [5, 5.41) is 0. The minimum absolute atomic E-state index is 0.0266. The first-order chi connectivity index (χ1) is 18.7. The van der Waals surface area contributed by atoms with Crippen LogP contribution in [0, 0.1) is 5.41 Å². The van der Waals surface area contributed by atoms with E-state index >= 15 is 0 Å². The van der Waals surface area contributed by atoms with Crippen molar-refractivity contribution < 1.29 is 4.79 Å². The molecule has 0 radical (unpaired) electrons. The molecule has 0 saturated heterocycles. The van der Waals surface area contributed by atoms with Crippen LogP contribution in [0.3, 0.4) is 0 Å². The highest BCUT2D eigenvalue weighted by atomic mass is 16.1. The lowest BCUT2D eigenvalue weighted by Crippen LogP contribution is -2.38. The summed E-state index contributed by atoms with van der Waals surface area (Å²) in [7, 11) is 0. The maximum Gasteiger partial charge on any atom is 0.178 e. The van der Waals surface area contributed by atoms with Crippen LogP contribution in [0.2, 0.25) is 0 Å². The molecule has 0 spiro atoms. The summed E-state index contributed by atoms with van der Waals surface area (Å²) in [5.41, 5.74) is 7.40. The number of carbonyl (C=O) groups excluding carboxylic acids is 1. The molecule has 0 amide bonds. The van der Waals surface area contributed by atoms with Gasteiger partial charge in [0.1, 0.15) is 0 Å². The largest absolute Gasteiger partial charge is 0.344 e. The van der Waals surface area contributed by atoms with Crippen molar-refractivity contribution in [3.63, 3.8) is 0 Å². The van der Waals surface area contributed by atoms with Crippen molar-refractivity contribution in [1.29, 1.82) is 0 Å². The number of anilines is 2. The van der Waals surface area contributed by atoms with Gasteiger partial charge in [0.25, 0.3) is 0 Å². The van der Waals surface area contributed by atoms with Gasteiger partial charge in [-0.25, -0.2) is 0 Å². The normalized spacial score (nSPS) is 19.6. The summed E-state index contributed by atoms with van der Waals surface area (Å²) in [4.78, 5) is 17.6. The topological polar surface area (TPSA) is 23.6 Å². The van der Waals surface area contributed by atoms with Gasteiger partial charge in [0.2, 0.25) is 0 Å². The number of benzene rings is 2. The van der Waals surface area contributed by atoms with Gasteiger partial charge in [-0.15, -0.1) is 13.2 Å². The van der Waals surface area contributed by atoms with Gasteiger partial charge in [0.15, 0.2) is 5.78 Å². The molecular formula is C36H42N2O. The Morgan fingerprint density at radius 3 is 1.97 bits per heavy atom. The molecule has 2 heterocycles. The van der Waals surface area contributed by atoms with Gasteiger partial charge < -0.3 is 9.80 Å². The quantitative estimate of drug-likeness (QED) is 0.233. The Balaban J connectivity index is 1.54. The predicted molar refractivity (Wildman–Crippen MR) is 167 cm³/mol. The molecule has 0 atom stereocenters. The van der Waals surface area contributed by atoms with Gasteiger partial charge in [0.05, 0.1) is 0 Å². The summed E-state index contributed by atoms with van der Waals surface area (Å²) < 4.78 is 0. The van der Waals surface area contributed by atoms with Crippen LogP contribution in [0.15, 0.2) is 122 Å². The minimum atomic E-state index is -0.136.